The van der Waals surface area contributed by atoms with Gasteiger partial charge in [0.1, 0.15) is 0 Å². The molecular formula is C10H10N2O2S. The molecule has 0 atom stereocenters. The van der Waals surface area contributed by atoms with Crippen molar-refractivity contribution in [3.05, 3.63) is 45.1 Å². The smallest absolute Gasteiger partial charge is 0.309 e. The van der Waals surface area contributed by atoms with E-state index in [4.69, 9.17) is 0 Å². The maximum Gasteiger partial charge on any atom is 0.309 e. The van der Waals surface area contributed by atoms with Gasteiger partial charge in [-0.3, -0.25) is 14.3 Å². The van der Waals surface area contributed by atoms with Crippen LogP contribution in [-0.4, -0.2) is 14.7 Å². The molecule has 0 aromatic carbocycles. The van der Waals surface area contributed by atoms with Gasteiger partial charge in [-0.15, -0.1) is 0 Å². The Morgan fingerprint density at radius 2 is 2.13 bits per heavy atom. The van der Waals surface area contributed by atoms with Crippen LogP contribution in [0.2, 0.25) is 0 Å². The van der Waals surface area contributed by atoms with Crippen LogP contribution in [-0.2, 0) is 13.0 Å². The van der Waals surface area contributed by atoms with Crippen molar-refractivity contribution in [1.82, 2.24) is 9.55 Å². The lowest BCUT2D eigenvalue weighted by Crippen LogP contribution is -2.13. The summed E-state index contributed by atoms with van der Waals surface area (Å²) in [6.45, 7) is 0.498. The van der Waals surface area contributed by atoms with Gasteiger partial charge < -0.3 is 5.11 Å². The first-order valence-electron chi connectivity index (χ1n) is 4.53. The molecule has 5 heteroatoms. The second-order valence-corrected chi connectivity index (χ2v) is 3.94. The van der Waals surface area contributed by atoms with Gasteiger partial charge in [-0.1, -0.05) is 11.3 Å². The van der Waals surface area contributed by atoms with Crippen LogP contribution in [0.1, 0.15) is 5.56 Å². The number of nitrogens with zero attached hydrogens (tertiary/aromatic N) is 2. The first-order chi connectivity index (χ1) is 7.27. The Morgan fingerprint density at radius 3 is 2.73 bits per heavy atom. The second kappa shape index (κ2) is 4.27. The molecule has 0 aliphatic heterocycles. The summed E-state index contributed by atoms with van der Waals surface area (Å²) in [5, 5.41) is 10.8. The average molecular weight is 222 g/mol. The molecule has 2 rings (SSSR count). The molecule has 78 valence electrons. The van der Waals surface area contributed by atoms with Crippen LogP contribution in [0.15, 0.2) is 34.7 Å². The van der Waals surface area contributed by atoms with E-state index in [9.17, 15) is 9.90 Å². The monoisotopic (exact) mass is 222 g/mol. The predicted molar refractivity (Wildman–Crippen MR) is 58.2 cm³/mol. The molecule has 0 unspecified atom stereocenters. The minimum Gasteiger partial charge on any atom is -0.494 e. The molecule has 0 saturated carbocycles. The van der Waals surface area contributed by atoms with Gasteiger partial charge >= 0.3 is 4.87 Å². The zero-order valence-corrected chi connectivity index (χ0v) is 8.78. The molecule has 0 spiro atoms. The molecule has 0 radical (unpaired) electrons. The van der Waals surface area contributed by atoms with Crippen molar-refractivity contribution < 1.29 is 5.11 Å². The van der Waals surface area contributed by atoms with Crippen LogP contribution in [0.3, 0.4) is 0 Å². The van der Waals surface area contributed by atoms with Gasteiger partial charge in [0.15, 0.2) is 0 Å². The predicted octanol–water partition coefficient (Wildman–Crippen LogP) is 1.25. The summed E-state index contributed by atoms with van der Waals surface area (Å²) < 4.78 is 1.37. The molecule has 0 aliphatic rings. The normalized spacial score (nSPS) is 10.4. The van der Waals surface area contributed by atoms with E-state index >= 15 is 0 Å². The molecule has 15 heavy (non-hydrogen) atoms. The van der Waals surface area contributed by atoms with Crippen molar-refractivity contribution in [3.8, 4) is 5.88 Å². The molecule has 0 amide bonds. The third kappa shape index (κ3) is 2.24. The highest BCUT2D eigenvalue weighted by molar-refractivity contribution is 7.07. The lowest BCUT2D eigenvalue weighted by Gasteiger charge is -2.02. The van der Waals surface area contributed by atoms with Crippen LogP contribution in [0, 0.1) is 0 Å². The summed E-state index contributed by atoms with van der Waals surface area (Å²) in [7, 11) is 0. The van der Waals surface area contributed by atoms with Crippen molar-refractivity contribution in [3.63, 3.8) is 0 Å². The quantitative estimate of drug-likeness (QED) is 0.850. The molecule has 0 aliphatic carbocycles. The summed E-state index contributed by atoms with van der Waals surface area (Å²) >= 11 is 1.01. The maximum atomic E-state index is 11.3. The molecule has 2 aromatic heterocycles. The van der Waals surface area contributed by atoms with E-state index < -0.39 is 0 Å². The van der Waals surface area contributed by atoms with E-state index in [1.54, 1.807) is 12.4 Å². The Balaban J connectivity index is 2.09. The number of aryl methyl sites for hydroxylation is 1. The molecule has 1 N–H and O–H groups in total. The number of aromatic hydroxyl groups is 1. The Bertz CT molecular complexity index is 490. The SMILES string of the molecule is O=c1scc(O)n1CCc1ccncc1. The standard InChI is InChI=1S/C10H10N2O2S/c13-9-7-15-10(14)12(9)6-3-8-1-4-11-5-2-8/h1-2,4-5,7,13H,3,6H2. The molecule has 2 aromatic rings. The van der Waals surface area contributed by atoms with Crippen molar-refractivity contribution in [2.75, 3.05) is 0 Å². The summed E-state index contributed by atoms with van der Waals surface area (Å²) in [6, 6.07) is 3.79. The molecule has 4 nitrogen and oxygen atoms in total. The van der Waals surface area contributed by atoms with E-state index in [1.165, 1.54) is 9.95 Å². The highest BCUT2D eigenvalue weighted by Crippen LogP contribution is 2.10. The summed E-state index contributed by atoms with van der Waals surface area (Å²) in [5.74, 6) is 0.0408. The number of hydrogen-bond donors (Lipinski definition) is 1. The summed E-state index contributed by atoms with van der Waals surface area (Å²) in [6.07, 6.45) is 4.14. The minimum atomic E-state index is -0.124. The first-order valence-corrected chi connectivity index (χ1v) is 5.41. The van der Waals surface area contributed by atoms with Gasteiger partial charge in [0.05, 0.1) is 5.38 Å². The van der Waals surface area contributed by atoms with Crippen LogP contribution in [0.5, 0.6) is 5.88 Å². The van der Waals surface area contributed by atoms with Gasteiger partial charge in [0.25, 0.3) is 0 Å². The summed E-state index contributed by atoms with van der Waals surface area (Å²) in [4.78, 5) is 15.1. The Hall–Kier alpha value is -1.62. The molecule has 0 fully saturated rings. The van der Waals surface area contributed by atoms with Crippen molar-refractivity contribution in [2.24, 2.45) is 0 Å². The number of rotatable bonds is 3. The topological polar surface area (TPSA) is 55.1 Å². The van der Waals surface area contributed by atoms with Gasteiger partial charge in [-0.2, -0.15) is 0 Å². The highest BCUT2D eigenvalue weighted by atomic mass is 32.1. The van der Waals surface area contributed by atoms with Gasteiger partial charge in [-0.25, -0.2) is 0 Å². The van der Waals surface area contributed by atoms with Crippen molar-refractivity contribution >= 4 is 11.3 Å². The third-order valence-electron chi connectivity index (χ3n) is 2.14. The van der Waals surface area contributed by atoms with Gasteiger partial charge in [0.2, 0.25) is 5.88 Å². The van der Waals surface area contributed by atoms with E-state index in [0.29, 0.717) is 13.0 Å². The van der Waals surface area contributed by atoms with Crippen LogP contribution in [0.4, 0.5) is 0 Å². The zero-order valence-electron chi connectivity index (χ0n) is 7.96. The largest absolute Gasteiger partial charge is 0.494 e. The van der Waals surface area contributed by atoms with Crippen LogP contribution >= 0.6 is 11.3 Å². The fourth-order valence-electron chi connectivity index (χ4n) is 1.32. The van der Waals surface area contributed by atoms with E-state index in [1.807, 2.05) is 12.1 Å². The molecular weight excluding hydrogens is 212 g/mol. The van der Waals surface area contributed by atoms with Crippen molar-refractivity contribution in [1.29, 1.82) is 0 Å². The number of pyridine rings is 1. The highest BCUT2D eigenvalue weighted by Gasteiger charge is 2.04. The number of hydrogen-bond acceptors (Lipinski definition) is 4. The van der Waals surface area contributed by atoms with Crippen LogP contribution < -0.4 is 4.87 Å². The van der Waals surface area contributed by atoms with Crippen molar-refractivity contribution in [2.45, 2.75) is 13.0 Å². The fraction of sp³-hybridized carbons (Fsp3) is 0.200. The zero-order chi connectivity index (χ0) is 10.7. The molecule has 2 heterocycles. The minimum absolute atomic E-state index is 0.0408. The second-order valence-electron chi connectivity index (χ2n) is 3.12. The molecule has 0 saturated heterocycles. The number of thiazole rings is 1. The first kappa shape index (κ1) is 9.92. The van der Waals surface area contributed by atoms with E-state index in [-0.39, 0.29) is 10.8 Å². The van der Waals surface area contributed by atoms with Gasteiger partial charge in [0, 0.05) is 18.9 Å². The van der Waals surface area contributed by atoms with Gasteiger partial charge in [-0.05, 0) is 24.1 Å². The molecule has 0 bridgehead atoms. The Kier molecular flexibility index (Phi) is 2.82. The Labute approximate surface area is 90.5 Å². The van der Waals surface area contributed by atoms with E-state index in [0.717, 1.165) is 16.9 Å². The lowest BCUT2D eigenvalue weighted by atomic mass is 10.2. The third-order valence-corrected chi connectivity index (χ3v) is 2.89. The van der Waals surface area contributed by atoms with Crippen LogP contribution in [0.25, 0.3) is 0 Å². The lowest BCUT2D eigenvalue weighted by molar-refractivity contribution is 0.413. The fourth-order valence-corrected chi connectivity index (χ4v) is 1.97. The average Bonchev–Trinajstić information content (AvgIpc) is 2.58. The summed E-state index contributed by atoms with van der Waals surface area (Å²) in [5.41, 5.74) is 1.10. The maximum absolute atomic E-state index is 11.3. The Morgan fingerprint density at radius 1 is 1.40 bits per heavy atom. The van der Waals surface area contributed by atoms with E-state index in [2.05, 4.69) is 4.98 Å². The number of aromatic nitrogens is 2.